The molecule has 0 atom stereocenters. The lowest BCUT2D eigenvalue weighted by molar-refractivity contribution is -0.119. The smallest absolute Gasteiger partial charge is 0.239 e. The van der Waals surface area contributed by atoms with E-state index in [1.54, 1.807) is 7.11 Å². The molecule has 0 fully saturated rings. The van der Waals surface area contributed by atoms with Crippen LogP contribution in [0.25, 0.3) is 0 Å². The fourth-order valence-corrected chi connectivity index (χ4v) is 1.94. The van der Waals surface area contributed by atoms with Crippen molar-refractivity contribution < 1.29 is 9.53 Å². The molecule has 1 heterocycles. The Morgan fingerprint density at radius 3 is 2.67 bits per heavy atom. The summed E-state index contributed by atoms with van der Waals surface area (Å²) < 4.78 is 4.85. The zero-order valence-corrected chi connectivity index (χ0v) is 12.7. The van der Waals surface area contributed by atoms with E-state index in [2.05, 4.69) is 26.9 Å². The maximum atomic E-state index is 11.6. The van der Waals surface area contributed by atoms with E-state index in [0.29, 0.717) is 31.0 Å². The summed E-state index contributed by atoms with van der Waals surface area (Å²) in [6.07, 6.45) is 1.43. The first kappa shape index (κ1) is 16.9. The molecular formula is C14H21N5O2. The number of aromatic nitrogens is 2. The summed E-state index contributed by atoms with van der Waals surface area (Å²) in [4.78, 5) is 11.6. The zero-order valence-electron chi connectivity index (χ0n) is 12.7. The lowest BCUT2D eigenvalue weighted by Gasteiger charge is -2.12. The van der Waals surface area contributed by atoms with Gasteiger partial charge in [-0.25, -0.2) is 0 Å². The molecule has 0 spiro atoms. The van der Waals surface area contributed by atoms with Crippen molar-refractivity contribution in [1.82, 2.24) is 15.5 Å². The van der Waals surface area contributed by atoms with Crippen LogP contribution in [0.3, 0.4) is 0 Å². The van der Waals surface area contributed by atoms with Crippen molar-refractivity contribution in [1.29, 1.82) is 5.26 Å². The second-order valence-corrected chi connectivity index (χ2v) is 4.36. The van der Waals surface area contributed by atoms with Crippen LogP contribution >= 0.6 is 0 Å². The number of carbonyl (C=O) groups excluding carboxylic acids is 1. The highest BCUT2D eigenvalue weighted by Crippen LogP contribution is 2.19. The van der Waals surface area contributed by atoms with E-state index >= 15 is 0 Å². The monoisotopic (exact) mass is 291 g/mol. The molecule has 1 aromatic rings. The third-order valence-corrected chi connectivity index (χ3v) is 3.00. The fourth-order valence-electron chi connectivity index (χ4n) is 1.94. The molecule has 2 N–H and O–H groups in total. The Labute approximate surface area is 124 Å². The SMILES string of the molecule is CCc1nnc(NCC(=O)NCCOC)c(C#N)c1CC. The van der Waals surface area contributed by atoms with E-state index in [4.69, 9.17) is 4.74 Å². The third kappa shape index (κ3) is 4.68. The van der Waals surface area contributed by atoms with Crippen LogP contribution in [0.5, 0.6) is 0 Å². The summed E-state index contributed by atoms with van der Waals surface area (Å²) in [7, 11) is 1.57. The Hall–Kier alpha value is -2.20. The van der Waals surface area contributed by atoms with Crippen LogP contribution in [-0.2, 0) is 22.4 Å². The lowest BCUT2D eigenvalue weighted by atomic mass is 10.0. The molecule has 1 aromatic heterocycles. The van der Waals surface area contributed by atoms with Gasteiger partial charge in [-0.2, -0.15) is 10.4 Å². The molecule has 1 amide bonds. The van der Waals surface area contributed by atoms with Gasteiger partial charge in [-0.3, -0.25) is 4.79 Å². The van der Waals surface area contributed by atoms with Crippen molar-refractivity contribution in [2.75, 3.05) is 32.1 Å². The number of amides is 1. The van der Waals surface area contributed by atoms with Gasteiger partial charge in [-0.1, -0.05) is 13.8 Å². The number of nitrogens with one attached hydrogen (secondary N) is 2. The maximum Gasteiger partial charge on any atom is 0.239 e. The Morgan fingerprint density at radius 1 is 1.33 bits per heavy atom. The molecule has 0 aliphatic rings. The molecule has 1 rings (SSSR count). The quantitative estimate of drug-likeness (QED) is 0.682. The van der Waals surface area contributed by atoms with Crippen molar-refractivity contribution >= 4 is 11.7 Å². The molecule has 7 heteroatoms. The second kappa shape index (κ2) is 8.87. The Morgan fingerprint density at radius 2 is 2.10 bits per heavy atom. The summed E-state index contributed by atoms with van der Waals surface area (Å²) in [5, 5.41) is 23.0. The molecule has 114 valence electrons. The number of nitriles is 1. The van der Waals surface area contributed by atoms with E-state index in [1.165, 1.54) is 0 Å². The normalized spacial score (nSPS) is 10.0. The van der Waals surface area contributed by atoms with Crippen molar-refractivity contribution in [2.45, 2.75) is 26.7 Å². The second-order valence-electron chi connectivity index (χ2n) is 4.36. The first-order valence-corrected chi connectivity index (χ1v) is 6.95. The average molecular weight is 291 g/mol. The number of ether oxygens (including phenoxy) is 1. The van der Waals surface area contributed by atoms with Crippen LogP contribution in [0.15, 0.2) is 0 Å². The van der Waals surface area contributed by atoms with Crippen LogP contribution in [0.2, 0.25) is 0 Å². The highest BCUT2D eigenvalue weighted by molar-refractivity contribution is 5.80. The first-order valence-electron chi connectivity index (χ1n) is 6.95. The highest BCUT2D eigenvalue weighted by Gasteiger charge is 2.14. The average Bonchev–Trinajstić information content (AvgIpc) is 2.51. The summed E-state index contributed by atoms with van der Waals surface area (Å²) in [5.41, 5.74) is 2.18. The summed E-state index contributed by atoms with van der Waals surface area (Å²) in [6.45, 7) is 4.89. The van der Waals surface area contributed by atoms with Gasteiger partial charge in [0, 0.05) is 13.7 Å². The minimum Gasteiger partial charge on any atom is -0.383 e. The predicted octanol–water partition coefficient (Wildman–Crippen LogP) is 0.648. The molecule has 0 saturated heterocycles. The number of carbonyl (C=O) groups is 1. The largest absolute Gasteiger partial charge is 0.383 e. The molecule has 0 saturated carbocycles. The minimum absolute atomic E-state index is 0.0434. The standard InChI is InChI=1S/C14H21N5O2/c1-4-10-11(8-15)14(19-18-12(10)5-2)17-9-13(20)16-6-7-21-3/h4-7,9H2,1-3H3,(H,16,20)(H,17,19). The first-order chi connectivity index (χ1) is 10.2. The van der Waals surface area contributed by atoms with E-state index in [1.807, 2.05) is 13.8 Å². The fraction of sp³-hybridized carbons (Fsp3) is 0.571. The molecule has 0 aromatic carbocycles. The number of rotatable bonds is 8. The molecule has 0 aliphatic heterocycles. The Balaban J connectivity index is 2.76. The van der Waals surface area contributed by atoms with Crippen molar-refractivity contribution in [3.05, 3.63) is 16.8 Å². The number of hydrogen-bond acceptors (Lipinski definition) is 6. The van der Waals surface area contributed by atoms with Crippen molar-refractivity contribution in [3.63, 3.8) is 0 Å². The van der Waals surface area contributed by atoms with Gasteiger partial charge in [0.1, 0.15) is 11.6 Å². The van der Waals surface area contributed by atoms with Gasteiger partial charge < -0.3 is 15.4 Å². The van der Waals surface area contributed by atoms with Gasteiger partial charge in [0.15, 0.2) is 5.82 Å². The predicted molar refractivity (Wildman–Crippen MR) is 78.9 cm³/mol. The Bertz CT molecular complexity index is 525. The summed E-state index contributed by atoms with van der Waals surface area (Å²) in [5.74, 6) is 0.170. The summed E-state index contributed by atoms with van der Waals surface area (Å²) >= 11 is 0. The van der Waals surface area contributed by atoms with Gasteiger partial charge in [0.2, 0.25) is 5.91 Å². The van der Waals surface area contributed by atoms with Crippen LogP contribution in [0.4, 0.5) is 5.82 Å². The van der Waals surface area contributed by atoms with Crippen LogP contribution < -0.4 is 10.6 Å². The lowest BCUT2D eigenvalue weighted by Crippen LogP contribution is -2.32. The van der Waals surface area contributed by atoms with Gasteiger partial charge in [-0.05, 0) is 18.4 Å². The van der Waals surface area contributed by atoms with E-state index < -0.39 is 0 Å². The number of methoxy groups -OCH3 is 1. The molecule has 0 unspecified atom stereocenters. The van der Waals surface area contributed by atoms with Crippen molar-refractivity contribution in [2.24, 2.45) is 0 Å². The molecule has 0 aliphatic carbocycles. The number of aryl methyl sites for hydroxylation is 1. The van der Waals surface area contributed by atoms with Crippen LogP contribution in [0.1, 0.15) is 30.7 Å². The van der Waals surface area contributed by atoms with Crippen LogP contribution in [-0.4, -0.2) is 42.9 Å². The third-order valence-electron chi connectivity index (χ3n) is 3.00. The number of anilines is 1. The minimum atomic E-state index is -0.185. The van der Waals surface area contributed by atoms with Gasteiger partial charge in [-0.15, -0.1) is 5.10 Å². The highest BCUT2D eigenvalue weighted by atomic mass is 16.5. The van der Waals surface area contributed by atoms with Crippen LogP contribution in [0, 0.1) is 11.3 Å². The van der Waals surface area contributed by atoms with Gasteiger partial charge in [0.05, 0.1) is 18.8 Å². The number of hydrogen-bond donors (Lipinski definition) is 2. The van der Waals surface area contributed by atoms with Crippen molar-refractivity contribution in [3.8, 4) is 6.07 Å². The molecule has 21 heavy (non-hydrogen) atoms. The van der Waals surface area contributed by atoms with Gasteiger partial charge in [0.25, 0.3) is 0 Å². The summed E-state index contributed by atoms with van der Waals surface area (Å²) in [6, 6.07) is 2.15. The molecule has 0 bridgehead atoms. The van der Waals surface area contributed by atoms with E-state index in [9.17, 15) is 10.1 Å². The van der Waals surface area contributed by atoms with Gasteiger partial charge >= 0.3 is 0 Å². The topological polar surface area (TPSA) is 99.9 Å². The molecule has 7 nitrogen and oxygen atoms in total. The Kier molecular flexibility index (Phi) is 7.12. The zero-order chi connectivity index (χ0) is 15.7. The van der Waals surface area contributed by atoms with E-state index in [-0.39, 0.29) is 12.5 Å². The molecule has 0 radical (unpaired) electrons. The number of nitrogens with zero attached hydrogens (tertiary/aromatic N) is 3. The maximum absolute atomic E-state index is 11.6. The van der Waals surface area contributed by atoms with E-state index in [0.717, 1.165) is 17.7 Å². The molecular weight excluding hydrogens is 270 g/mol.